The molecule has 0 N–H and O–H groups in total. The van der Waals surface area contributed by atoms with Crippen LogP contribution in [-0.4, -0.2) is 0 Å². The summed E-state index contributed by atoms with van der Waals surface area (Å²) in [4.78, 5) is 0. The SMILES string of the molecule is [F-].[Li+].[O]=[Ni]. The molecule has 0 rings (SSSR count). The maximum absolute atomic E-state index is 7.88. The van der Waals surface area contributed by atoms with Crippen molar-refractivity contribution in [2.75, 3.05) is 0 Å². The second-order valence-electron chi connectivity index (χ2n) is 0. The average molecular weight is 101 g/mol. The second kappa shape index (κ2) is 45.1. The van der Waals surface area contributed by atoms with Crippen molar-refractivity contribution < 1.29 is 42.9 Å². The molecule has 0 saturated carbocycles. The molecule has 24 valence electrons. The number of rotatable bonds is 0. The van der Waals surface area contributed by atoms with Crippen molar-refractivity contribution in [3.63, 3.8) is 0 Å². The topological polar surface area (TPSA) is 17.1 Å². The zero-order valence-corrected chi connectivity index (χ0v) is 3.09. The van der Waals surface area contributed by atoms with Gasteiger partial charge in [0.1, 0.15) is 0 Å². The second-order valence-corrected chi connectivity index (χ2v) is 0. The summed E-state index contributed by atoms with van der Waals surface area (Å²) in [6.45, 7) is 0. The van der Waals surface area contributed by atoms with E-state index >= 15 is 0 Å². The molecule has 4 heavy (non-hydrogen) atoms. The van der Waals surface area contributed by atoms with E-state index in [9.17, 15) is 0 Å². The molecular formula is FLiNiO. The van der Waals surface area contributed by atoms with E-state index < -0.39 is 0 Å². The third-order valence-corrected chi connectivity index (χ3v) is 0. The van der Waals surface area contributed by atoms with Crippen LogP contribution in [0.15, 0.2) is 0 Å². The fraction of sp³-hybridized carbons (Fsp3) is 0. The fourth-order valence-corrected chi connectivity index (χ4v) is 0. The Labute approximate surface area is 43.2 Å². The van der Waals surface area contributed by atoms with E-state index in [0.717, 1.165) is 0 Å². The first-order valence-electron chi connectivity index (χ1n) is 0.129. The van der Waals surface area contributed by atoms with Crippen molar-refractivity contribution in [3.05, 3.63) is 0 Å². The summed E-state index contributed by atoms with van der Waals surface area (Å²) >= 11 is 2.62. The van der Waals surface area contributed by atoms with Crippen LogP contribution < -0.4 is 23.6 Å². The Morgan fingerprint density at radius 2 is 1.25 bits per heavy atom. The van der Waals surface area contributed by atoms with Gasteiger partial charge in [-0.15, -0.1) is 0 Å². The number of hydrogen-bond acceptors (Lipinski definition) is 1. The molecule has 4 heteroatoms. The van der Waals surface area contributed by atoms with Crippen LogP contribution in [0.4, 0.5) is 0 Å². The molecule has 0 bridgehead atoms. The first-order chi connectivity index (χ1) is 1.00. The van der Waals surface area contributed by atoms with Gasteiger partial charge in [0.05, 0.1) is 0 Å². The number of halogens is 1. The molecule has 0 aliphatic rings. The van der Waals surface area contributed by atoms with Crippen LogP contribution in [0.2, 0.25) is 0 Å². The van der Waals surface area contributed by atoms with E-state index in [4.69, 9.17) is 3.90 Å². The molecule has 0 unspecified atom stereocenters. The maximum atomic E-state index is 7.88. The molecule has 0 fully saturated rings. The molecule has 1 nitrogen and oxygen atoms in total. The molecule has 0 aromatic heterocycles. The first-order valence-corrected chi connectivity index (χ1v) is 0.532. The molecule has 0 aromatic rings. The Hall–Kier alpha value is 0.821. The van der Waals surface area contributed by atoms with Crippen LogP contribution in [0.1, 0.15) is 0 Å². The zero-order valence-electron chi connectivity index (χ0n) is 2.10. The van der Waals surface area contributed by atoms with E-state index in [1.807, 2.05) is 0 Å². The van der Waals surface area contributed by atoms with Gasteiger partial charge in [0, 0.05) is 0 Å². The number of hydrogen-bond donors (Lipinski definition) is 0. The van der Waals surface area contributed by atoms with Gasteiger partial charge in [-0.1, -0.05) is 0 Å². The third kappa shape index (κ3) is 13.9. The molecule has 0 atom stereocenters. The van der Waals surface area contributed by atoms with E-state index in [1.165, 1.54) is 0 Å². The summed E-state index contributed by atoms with van der Waals surface area (Å²) < 4.78 is 7.88. The van der Waals surface area contributed by atoms with Crippen molar-refractivity contribution in [3.8, 4) is 0 Å². The van der Waals surface area contributed by atoms with Crippen LogP contribution in [0.25, 0.3) is 0 Å². The molecule has 0 spiro atoms. The molecule has 0 aromatic carbocycles. The van der Waals surface area contributed by atoms with E-state index in [2.05, 4.69) is 15.4 Å². The van der Waals surface area contributed by atoms with Crippen molar-refractivity contribution in [2.45, 2.75) is 0 Å². The van der Waals surface area contributed by atoms with Crippen LogP contribution in [0.3, 0.4) is 0 Å². The van der Waals surface area contributed by atoms with Crippen LogP contribution in [0, 0.1) is 0 Å². The Morgan fingerprint density at radius 1 is 1.25 bits per heavy atom. The molecule has 0 radical (unpaired) electrons. The Kier molecular flexibility index (Phi) is 239. The van der Waals surface area contributed by atoms with Crippen molar-refractivity contribution in [2.24, 2.45) is 0 Å². The normalized spacial score (nSPS) is 1.50. The molecule has 0 saturated heterocycles. The van der Waals surface area contributed by atoms with Crippen LogP contribution >= 0.6 is 0 Å². The third-order valence-electron chi connectivity index (χ3n) is 0. The van der Waals surface area contributed by atoms with Gasteiger partial charge in [0.2, 0.25) is 0 Å². The minimum atomic E-state index is 0. The quantitative estimate of drug-likeness (QED) is 0.277. The van der Waals surface area contributed by atoms with Crippen LogP contribution in [0.5, 0.6) is 0 Å². The van der Waals surface area contributed by atoms with Crippen molar-refractivity contribution in [1.82, 2.24) is 0 Å². The van der Waals surface area contributed by atoms with Gasteiger partial charge in [-0.3, -0.25) is 0 Å². The predicted octanol–water partition coefficient (Wildman–Crippen LogP) is -6.11. The average Bonchev–Trinajstić information content (AvgIpc) is 1.00. The summed E-state index contributed by atoms with van der Waals surface area (Å²) in [5.74, 6) is 0. The standard InChI is InChI=1S/FH.Li.Ni.O/h1H;;;/q;+1;;/p-1. The van der Waals surface area contributed by atoms with Gasteiger partial charge in [-0.05, 0) is 0 Å². The van der Waals surface area contributed by atoms with Gasteiger partial charge in [0.25, 0.3) is 0 Å². The van der Waals surface area contributed by atoms with E-state index in [-0.39, 0.29) is 23.6 Å². The van der Waals surface area contributed by atoms with Gasteiger partial charge in [0.15, 0.2) is 0 Å². The predicted molar refractivity (Wildman–Crippen MR) is 0.686 cm³/mol. The van der Waals surface area contributed by atoms with Gasteiger partial charge in [-0.2, -0.15) is 0 Å². The Balaban J connectivity index is -0.00000000500. The minimum absolute atomic E-state index is 0. The molecule has 0 aliphatic heterocycles. The summed E-state index contributed by atoms with van der Waals surface area (Å²) in [5.41, 5.74) is 0. The van der Waals surface area contributed by atoms with Gasteiger partial charge >= 0.3 is 38.1 Å². The first kappa shape index (κ1) is 21.2. The fourth-order valence-electron chi connectivity index (χ4n) is 0. The van der Waals surface area contributed by atoms with E-state index in [0.29, 0.717) is 0 Å². The summed E-state index contributed by atoms with van der Waals surface area (Å²) in [6, 6.07) is 0. The Bertz CT molecular complexity index is 8.00. The molecule has 0 amide bonds. The molecule has 0 heterocycles. The monoisotopic (exact) mass is 99.9 g/mol. The Morgan fingerprint density at radius 3 is 1.25 bits per heavy atom. The van der Waals surface area contributed by atoms with Gasteiger partial charge < -0.3 is 4.70 Å². The molecular weight excluding hydrogens is 101 g/mol. The summed E-state index contributed by atoms with van der Waals surface area (Å²) in [6.07, 6.45) is 0. The molecule has 0 aliphatic carbocycles. The summed E-state index contributed by atoms with van der Waals surface area (Å²) in [7, 11) is 0. The van der Waals surface area contributed by atoms with Crippen molar-refractivity contribution >= 4 is 0 Å². The van der Waals surface area contributed by atoms with Crippen LogP contribution in [-0.2, 0) is 19.3 Å². The summed E-state index contributed by atoms with van der Waals surface area (Å²) in [5, 5.41) is 0. The van der Waals surface area contributed by atoms with Crippen molar-refractivity contribution in [1.29, 1.82) is 0 Å². The van der Waals surface area contributed by atoms with E-state index in [1.54, 1.807) is 0 Å². The zero-order chi connectivity index (χ0) is 2.00. The van der Waals surface area contributed by atoms with Gasteiger partial charge in [-0.25, -0.2) is 0 Å².